The summed E-state index contributed by atoms with van der Waals surface area (Å²) in [6.07, 6.45) is 5.07. The van der Waals surface area contributed by atoms with Crippen molar-refractivity contribution >= 4 is 28.8 Å². The predicted octanol–water partition coefficient (Wildman–Crippen LogP) is 2.71. The highest BCUT2D eigenvalue weighted by atomic mass is 35.5. The van der Waals surface area contributed by atoms with Crippen molar-refractivity contribution in [2.24, 2.45) is 5.73 Å². The Morgan fingerprint density at radius 1 is 1.18 bits per heavy atom. The van der Waals surface area contributed by atoms with Gasteiger partial charge in [-0.3, -0.25) is 9.69 Å². The molecular formula is C16H24ClN3OS. The zero-order valence-electron chi connectivity index (χ0n) is 12.9. The predicted molar refractivity (Wildman–Crippen MR) is 91.2 cm³/mol. The summed E-state index contributed by atoms with van der Waals surface area (Å²) in [7, 11) is 0. The normalized spacial score (nSPS) is 22.7. The van der Waals surface area contributed by atoms with Gasteiger partial charge in [0.05, 0.1) is 9.88 Å². The maximum Gasteiger partial charge on any atom is 0.242 e. The smallest absolute Gasteiger partial charge is 0.242 e. The fourth-order valence-electron chi connectivity index (χ4n) is 3.48. The van der Waals surface area contributed by atoms with Crippen molar-refractivity contribution in [3.05, 3.63) is 21.3 Å². The second-order valence-corrected chi connectivity index (χ2v) is 8.29. The fourth-order valence-corrected chi connectivity index (χ4v) is 4.61. The van der Waals surface area contributed by atoms with E-state index in [-0.39, 0.29) is 5.91 Å². The van der Waals surface area contributed by atoms with Crippen LogP contribution in [0.5, 0.6) is 0 Å². The van der Waals surface area contributed by atoms with Crippen LogP contribution in [0.3, 0.4) is 0 Å². The van der Waals surface area contributed by atoms with Crippen LogP contribution in [0, 0.1) is 0 Å². The van der Waals surface area contributed by atoms with Gasteiger partial charge in [0.15, 0.2) is 0 Å². The minimum Gasteiger partial charge on any atom is -0.339 e. The lowest BCUT2D eigenvalue weighted by Crippen LogP contribution is -2.60. The highest BCUT2D eigenvalue weighted by molar-refractivity contribution is 7.16. The van der Waals surface area contributed by atoms with Crippen LogP contribution in [0.2, 0.25) is 4.34 Å². The zero-order chi connectivity index (χ0) is 15.6. The molecule has 1 aromatic rings. The Morgan fingerprint density at radius 3 is 2.45 bits per heavy atom. The lowest BCUT2D eigenvalue weighted by atomic mass is 9.81. The van der Waals surface area contributed by atoms with Crippen LogP contribution < -0.4 is 5.73 Å². The van der Waals surface area contributed by atoms with Crippen LogP contribution in [-0.4, -0.2) is 47.4 Å². The van der Waals surface area contributed by atoms with Crippen LogP contribution in [-0.2, 0) is 11.3 Å². The molecule has 2 aliphatic rings. The number of hydrogen-bond acceptors (Lipinski definition) is 4. The number of carbonyl (C=O) groups excluding carboxylic acids is 1. The molecule has 2 heterocycles. The quantitative estimate of drug-likeness (QED) is 0.919. The van der Waals surface area contributed by atoms with Crippen LogP contribution >= 0.6 is 22.9 Å². The lowest BCUT2D eigenvalue weighted by molar-refractivity contribution is -0.140. The van der Waals surface area contributed by atoms with E-state index in [1.54, 1.807) is 11.3 Å². The van der Waals surface area contributed by atoms with E-state index < -0.39 is 5.54 Å². The molecule has 2 fully saturated rings. The molecule has 0 bridgehead atoms. The minimum atomic E-state index is -0.596. The second kappa shape index (κ2) is 6.87. The number of amides is 1. The third-order valence-electron chi connectivity index (χ3n) is 4.84. The Labute approximate surface area is 141 Å². The first kappa shape index (κ1) is 16.2. The maximum atomic E-state index is 12.7. The molecule has 1 aromatic heterocycles. The second-order valence-electron chi connectivity index (χ2n) is 6.49. The van der Waals surface area contributed by atoms with Crippen molar-refractivity contribution in [3.8, 4) is 0 Å². The first-order valence-electron chi connectivity index (χ1n) is 8.12. The summed E-state index contributed by atoms with van der Waals surface area (Å²) in [5.41, 5.74) is 5.78. The first-order valence-corrected chi connectivity index (χ1v) is 9.31. The van der Waals surface area contributed by atoms with Gasteiger partial charge in [0.25, 0.3) is 0 Å². The number of thiophene rings is 1. The number of piperazine rings is 1. The Kier molecular flexibility index (Phi) is 5.07. The Morgan fingerprint density at radius 2 is 1.86 bits per heavy atom. The largest absolute Gasteiger partial charge is 0.339 e. The average Bonchev–Trinajstić information content (AvgIpc) is 2.93. The molecule has 6 heteroatoms. The minimum absolute atomic E-state index is 0.172. The van der Waals surface area contributed by atoms with Crippen molar-refractivity contribution in [1.82, 2.24) is 9.80 Å². The van der Waals surface area contributed by atoms with Gasteiger partial charge in [0, 0.05) is 37.6 Å². The summed E-state index contributed by atoms with van der Waals surface area (Å²) < 4.78 is 0.839. The fraction of sp³-hybridized carbons (Fsp3) is 0.688. The van der Waals surface area contributed by atoms with E-state index in [0.717, 1.165) is 62.7 Å². The summed E-state index contributed by atoms with van der Waals surface area (Å²) >= 11 is 7.61. The van der Waals surface area contributed by atoms with Crippen LogP contribution in [0.4, 0.5) is 0 Å². The molecule has 0 radical (unpaired) electrons. The molecule has 1 saturated carbocycles. The summed E-state index contributed by atoms with van der Waals surface area (Å²) in [4.78, 5) is 18.4. The van der Waals surface area contributed by atoms with E-state index in [1.165, 1.54) is 11.3 Å². The lowest BCUT2D eigenvalue weighted by Gasteiger charge is -2.41. The summed E-state index contributed by atoms with van der Waals surface area (Å²) in [5, 5.41) is 0. The average molecular weight is 342 g/mol. The number of hydrogen-bond donors (Lipinski definition) is 1. The number of rotatable bonds is 3. The zero-order valence-corrected chi connectivity index (χ0v) is 14.5. The number of nitrogens with zero attached hydrogens (tertiary/aromatic N) is 2. The van der Waals surface area contributed by atoms with Crippen LogP contribution in [0.25, 0.3) is 0 Å². The SMILES string of the molecule is NC1(C(=O)N2CCN(Cc3ccc(Cl)s3)CC2)CCCCC1. The number of carbonyl (C=O) groups is 1. The van der Waals surface area contributed by atoms with E-state index in [2.05, 4.69) is 11.0 Å². The van der Waals surface area contributed by atoms with Gasteiger partial charge in [-0.05, 0) is 25.0 Å². The molecule has 0 atom stereocenters. The molecule has 1 saturated heterocycles. The first-order chi connectivity index (χ1) is 10.6. The third-order valence-corrected chi connectivity index (χ3v) is 6.06. The van der Waals surface area contributed by atoms with Crippen molar-refractivity contribution in [2.45, 2.75) is 44.2 Å². The van der Waals surface area contributed by atoms with Gasteiger partial charge >= 0.3 is 0 Å². The molecule has 4 nitrogen and oxygen atoms in total. The number of halogens is 1. The molecule has 3 rings (SSSR count). The molecule has 0 aromatic carbocycles. The number of nitrogens with two attached hydrogens (primary N) is 1. The molecule has 22 heavy (non-hydrogen) atoms. The van der Waals surface area contributed by atoms with E-state index >= 15 is 0 Å². The van der Waals surface area contributed by atoms with Gasteiger partial charge in [-0.15, -0.1) is 11.3 Å². The molecule has 1 aliphatic carbocycles. The molecule has 1 amide bonds. The van der Waals surface area contributed by atoms with E-state index in [4.69, 9.17) is 17.3 Å². The van der Waals surface area contributed by atoms with Gasteiger partial charge in [0.2, 0.25) is 5.91 Å². The van der Waals surface area contributed by atoms with Crippen molar-refractivity contribution in [2.75, 3.05) is 26.2 Å². The summed E-state index contributed by atoms with van der Waals surface area (Å²) in [5.74, 6) is 0.172. The van der Waals surface area contributed by atoms with Crippen LogP contribution in [0.15, 0.2) is 12.1 Å². The van der Waals surface area contributed by atoms with Gasteiger partial charge in [-0.25, -0.2) is 0 Å². The summed E-state index contributed by atoms with van der Waals surface area (Å²) in [6, 6.07) is 4.03. The van der Waals surface area contributed by atoms with Gasteiger partial charge < -0.3 is 10.6 Å². The standard InChI is InChI=1S/C16H24ClN3OS/c17-14-5-4-13(22-14)12-19-8-10-20(11-9-19)15(21)16(18)6-2-1-3-7-16/h4-5H,1-3,6-12,18H2. The van der Waals surface area contributed by atoms with Crippen molar-refractivity contribution in [1.29, 1.82) is 0 Å². The van der Waals surface area contributed by atoms with E-state index in [9.17, 15) is 4.79 Å². The third kappa shape index (κ3) is 3.65. The summed E-state index contributed by atoms with van der Waals surface area (Å²) in [6.45, 7) is 4.33. The van der Waals surface area contributed by atoms with Gasteiger partial charge in [-0.1, -0.05) is 30.9 Å². The highest BCUT2D eigenvalue weighted by Crippen LogP contribution is 2.28. The molecule has 2 N–H and O–H groups in total. The Balaban J connectivity index is 1.51. The highest BCUT2D eigenvalue weighted by Gasteiger charge is 2.39. The molecular weight excluding hydrogens is 318 g/mol. The van der Waals surface area contributed by atoms with Crippen LogP contribution in [0.1, 0.15) is 37.0 Å². The van der Waals surface area contributed by atoms with Crippen molar-refractivity contribution < 1.29 is 4.79 Å². The maximum absolute atomic E-state index is 12.7. The van der Waals surface area contributed by atoms with E-state index in [0.29, 0.717) is 0 Å². The molecule has 0 unspecified atom stereocenters. The molecule has 122 valence electrons. The van der Waals surface area contributed by atoms with E-state index in [1.807, 2.05) is 11.0 Å². The van der Waals surface area contributed by atoms with Gasteiger partial charge in [-0.2, -0.15) is 0 Å². The topological polar surface area (TPSA) is 49.6 Å². The van der Waals surface area contributed by atoms with Gasteiger partial charge in [0.1, 0.15) is 0 Å². The Bertz CT molecular complexity index is 519. The molecule has 1 aliphatic heterocycles. The monoisotopic (exact) mass is 341 g/mol. The molecule has 0 spiro atoms. The van der Waals surface area contributed by atoms with Crippen molar-refractivity contribution in [3.63, 3.8) is 0 Å². The Hall–Kier alpha value is -0.620.